The molecule has 0 spiro atoms. The molecule has 3 heterocycles. The van der Waals surface area contributed by atoms with E-state index in [1.54, 1.807) is 12.5 Å². The van der Waals surface area contributed by atoms with Gasteiger partial charge in [-0.05, 0) is 32.0 Å². The average Bonchev–Trinajstić information content (AvgIpc) is 2.79. The highest BCUT2D eigenvalue weighted by atomic mass is 16.5. The van der Waals surface area contributed by atoms with Gasteiger partial charge in [-0.25, -0.2) is 19.9 Å². The Morgan fingerprint density at radius 3 is 2.37 bits per heavy atom. The summed E-state index contributed by atoms with van der Waals surface area (Å²) >= 11 is 0. The maximum Gasteiger partial charge on any atom is 0.132 e. The van der Waals surface area contributed by atoms with Gasteiger partial charge in [-0.1, -0.05) is 12.1 Å². The topological polar surface area (TPSA) is 91.1 Å². The Hall–Kier alpha value is -3.55. The zero-order chi connectivity index (χ0) is 20.9. The molecule has 0 bridgehead atoms. The van der Waals surface area contributed by atoms with Crippen LogP contribution in [0.15, 0.2) is 55.2 Å². The van der Waals surface area contributed by atoms with Crippen molar-refractivity contribution in [3.05, 3.63) is 66.5 Å². The quantitative estimate of drug-likeness (QED) is 0.633. The van der Waals surface area contributed by atoms with Crippen LogP contribution in [-0.2, 0) is 0 Å². The summed E-state index contributed by atoms with van der Waals surface area (Å²) in [5.74, 6) is 2.53. The number of aromatic nitrogens is 4. The monoisotopic (exact) mass is 403 g/mol. The molecule has 0 atom stereocenters. The Morgan fingerprint density at radius 1 is 0.933 bits per heavy atom. The fraction of sp³-hybridized carbons (Fsp3) is 0.318. The van der Waals surface area contributed by atoms with Gasteiger partial charge in [-0.2, -0.15) is 0 Å². The van der Waals surface area contributed by atoms with Gasteiger partial charge in [-0.15, -0.1) is 0 Å². The summed E-state index contributed by atoms with van der Waals surface area (Å²) in [5, 5.41) is 8.62. The van der Waals surface area contributed by atoms with E-state index in [0.29, 0.717) is 11.4 Å². The Morgan fingerprint density at radius 2 is 1.67 bits per heavy atom. The SMILES string of the molecule is CC(C)Oc1cccc(C(=N)c2cc(N3CCN(c4ccncn4)CC3)ncn2)c1. The van der Waals surface area contributed by atoms with Gasteiger partial charge >= 0.3 is 0 Å². The fourth-order valence-electron chi connectivity index (χ4n) is 3.44. The molecule has 3 aromatic rings. The van der Waals surface area contributed by atoms with Gasteiger partial charge in [0.2, 0.25) is 0 Å². The molecule has 2 aromatic heterocycles. The third-order valence-corrected chi connectivity index (χ3v) is 4.90. The summed E-state index contributed by atoms with van der Waals surface area (Å²) in [6.07, 6.45) is 4.95. The van der Waals surface area contributed by atoms with Crippen LogP contribution in [0.4, 0.5) is 11.6 Å². The number of nitrogens with zero attached hydrogens (tertiary/aromatic N) is 6. The molecule has 0 unspecified atom stereocenters. The zero-order valence-electron chi connectivity index (χ0n) is 17.2. The lowest BCUT2D eigenvalue weighted by molar-refractivity contribution is 0.242. The Bertz CT molecular complexity index is 1000. The molecule has 1 saturated heterocycles. The van der Waals surface area contributed by atoms with Crippen molar-refractivity contribution >= 4 is 17.3 Å². The third kappa shape index (κ3) is 4.53. The van der Waals surface area contributed by atoms with E-state index in [0.717, 1.165) is 49.1 Å². The maximum absolute atomic E-state index is 8.62. The van der Waals surface area contributed by atoms with Crippen molar-refractivity contribution in [1.82, 2.24) is 19.9 Å². The van der Waals surface area contributed by atoms with E-state index in [9.17, 15) is 0 Å². The molecular weight excluding hydrogens is 378 g/mol. The van der Waals surface area contributed by atoms with Crippen LogP contribution in [0, 0.1) is 5.41 Å². The first-order chi connectivity index (χ1) is 14.6. The number of anilines is 2. The molecule has 0 aliphatic carbocycles. The summed E-state index contributed by atoms with van der Waals surface area (Å²) in [5.41, 5.74) is 1.72. The molecule has 8 heteroatoms. The number of hydrogen-bond acceptors (Lipinski definition) is 8. The first kappa shape index (κ1) is 19.8. The van der Waals surface area contributed by atoms with Crippen molar-refractivity contribution in [3.8, 4) is 5.75 Å². The lowest BCUT2D eigenvalue weighted by atomic mass is 10.1. The summed E-state index contributed by atoms with van der Waals surface area (Å²) in [6.45, 7) is 7.32. The highest BCUT2D eigenvalue weighted by Crippen LogP contribution is 2.20. The van der Waals surface area contributed by atoms with Gasteiger partial charge in [0.25, 0.3) is 0 Å². The molecule has 0 amide bonds. The lowest BCUT2D eigenvalue weighted by Gasteiger charge is -2.36. The minimum absolute atomic E-state index is 0.0844. The van der Waals surface area contributed by atoms with Crippen LogP contribution in [0.2, 0.25) is 0 Å². The second-order valence-electron chi connectivity index (χ2n) is 7.37. The van der Waals surface area contributed by atoms with E-state index in [1.807, 2.05) is 50.2 Å². The molecule has 1 aromatic carbocycles. The van der Waals surface area contributed by atoms with Crippen LogP contribution in [-0.4, -0.2) is 57.9 Å². The van der Waals surface area contributed by atoms with Gasteiger partial charge in [0.05, 0.1) is 17.5 Å². The predicted octanol–water partition coefficient (Wildman–Crippen LogP) is 2.80. The Balaban J connectivity index is 1.46. The molecule has 0 radical (unpaired) electrons. The maximum atomic E-state index is 8.62. The molecule has 0 saturated carbocycles. The van der Waals surface area contributed by atoms with Crippen LogP contribution in [0.3, 0.4) is 0 Å². The fourth-order valence-corrected chi connectivity index (χ4v) is 3.44. The molecule has 1 fully saturated rings. The minimum atomic E-state index is 0.0844. The van der Waals surface area contributed by atoms with Crippen molar-refractivity contribution < 1.29 is 4.74 Å². The Labute approximate surface area is 176 Å². The lowest BCUT2D eigenvalue weighted by Crippen LogP contribution is -2.47. The smallest absolute Gasteiger partial charge is 0.132 e. The van der Waals surface area contributed by atoms with E-state index < -0.39 is 0 Å². The highest BCUT2D eigenvalue weighted by Gasteiger charge is 2.20. The molecular formula is C22H25N7O. The van der Waals surface area contributed by atoms with E-state index in [1.165, 1.54) is 6.33 Å². The highest BCUT2D eigenvalue weighted by molar-refractivity contribution is 6.10. The van der Waals surface area contributed by atoms with E-state index >= 15 is 0 Å². The normalized spacial score (nSPS) is 14.1. The molecule has 1 N–H and O–H groups in total. The van der Waals surface area contributed by atoms with Gasteiger partial charge in [0.15, 0.2) is 0 Å². The van der Waals surface area contributed by atoms with Crippen LogP contribution < -0.4 is 14.5 Å². The Kier molecular flexibility index (Phi) is 5.83. The van der Waals surface area contributed by atoms with Gasteiger partial charge in [0.1, 0.15) is 30.0 Å². The number of ether oxygens (including phenoxy) is 1. The van der Waals surface area contributed by atoms with Crippen LogP contribution in [0.5, 0.6) is 5.75 Å². The number of rotatable bonds is 6. The molecule has 1 aliphatic heterocycles. The molecule has 1 aliphatic rings. The van der Waals surface area contributed by atoms with Crippen LogP contribution in [0.25, 0.3) is 0 Å². The standard InChI is InChI=1S/C22H25N7O/c1-16(2)30-18-5-3-4-17(12-18)22(23)19-13-21(27-15-25-19)29-10-8-28(9-11-29)20-6-7-24-14-26-20/h3-7,12-16,23H,8-11H2,1-2H3. The zero-order valence-corrected chi connectivity index (χ0v) is 17.2. The summed E-state index contributed by atoms with van der Waals surface area (Å²) in [7, 11) is 0. The van der Waals surface area contributed by atoms with E-state index in [-0.39, 0.29) is 6.10 Å². The van der Waals surface area contributed by atoms with E-state index in [4.69, 9.17) is 10.1 Å². The molecule has 154 valence electrons. The number of hydrogen-bond donors (Lipinski definition) is 1. The molecule has 8 nitrogen and oxygen atoms in total. The number of piperazine rings is 1. The van der Waals surface area contributed by atoms with Crippen molar-refractivity contribution in [2.75, 3.05) is 36.0 Å². The first-order valence-corrected chi connectivity index (χ1v) is 10.0. The van der Waals surface area contributed by atoms with Gasteiger partial charge in [-0.3, -0.25) is 5.41 Å². The van der Waals surface area contributed by atoms with Crippen molar-refractivity contribution in [2.24, 2.45) is 0 Å². The van der Waals surface area contributed by atoms with Gasteiger partial charge in [0, 0.05) is 44.0 Å². The second-order valence-corrected chi connectivity index (χ2v) is 7.37. The average molecular weight is 403 g/mol. The number of benzene rings is 1. The first-order valence-electron chi connectivity index (χ1n) is 10.0. The van der Waals surface area contributed by atoms with Crippen molar-refractivity contribution in [1.29, 1.82) is 5.41 Å². The van der Waals surface area contributed by atoms with Crippen molar-refractivity contribution in [3.63, 3.8) is 0 Å². The molecule has 4 rings (SSSR count). The summed E-state index contributed by atoms with van der Waals surface area (Å²) in [6, 6.07) is 11.4. The second kappa shape index (κ2) is 8.86. The van der Waals surface area contributed by atoms with E-state index in [2.05, 4.69) is 29.7 Å². The minimum Gasteiger partial charge on any atom is -0.491 e. The van der Waals surface area contributed by atoms with Crippen LogP contribution in [0.1, 0.15) is 25.1 Å². The predicted molar refractivity (Wildman–Crippen MR) is 117 cm³/mol. The third-order valence-electron chi connectivity index (χ3n) is 4.90. The van der Waals surface area contributed by atoms with Crippen molar-refractivity contribution in [2.45, 2.75) is 20.0 Å². The van der Waals surface area contributed by atoms with Crippen LogP contribution >= 0.6 is 0 Å². The van der Waals surface area contributed by atoms with Gasteiger partial charge < -0.3 is 14.5 Å². The number of nitrogens with one attached hydrogen (secondary N) is 1. The summed E-state index contributed by atoms with van der Waals surface area (Å²) < 4.78 is 5.75. The molecule has 30 heavy (non-hydrogen) atoms. The largest absolute Gasteiger partial charge is 0.491 e. The summed E-state index contributed by atoms with van der Waals surface area (Å²) in [4.78, 5) is 21.5.